The van der Waals surface area contributed by atoms with Crippen LogP contribution in [0.2, 0.25) is 0 Å². The largest absolute Gasteiger partial charge is 0.444 e. The van der Waals surface area contributed by atoms with Gasteiger partial charge in [-0.1, -0.05) is 6.07 Å². The number of hydrogen-bond donors (Lipinski definition) is 1. The van der Waals surface area contributed by atoms with Gasteiger partial charge in [0.2, 0.25) is 0 Å². The molecule has 6 nitrogen and oxygen atoms in total. The van der Waals surface area contributed by atoms with Crippen molar-refractivity contribution in [3.05, 3.63) is 35.4 Å². The summed E-state index contributed by atoms with van der Waals surface area (Å²) in [6.07, 6.45) is -0.853. The van der Waals surface area contributed by atoms with Gasteiger partial charge in [-0.25, -0.2) is 22.0 Å². The van der Waals surface area contributed by atoms with Crippen molar-refractivity contribution in [2.45, 2.75) is 44.6 Å². The Bertz CT molecular complexity index is 816. The summed E-state index contributed by atoms with van der Waals surface area (Å²) in [5.41, 5.74) is -0.829. The Hall–Kier alpha value is -2.03. The minimum atomic E-state index is -3.69. The number of halogens is 2. The van der Waals surface area contributed by atoms with Gasteiger partial charge in [0.05, 0.1) is 11.8 Å². The first kappa shape index (κ1) is 19.3. The predicted octanol–water partition coefficient (Wildman–Crippen LogP) is 2.75. The zero-order valence-corrected chi connectivity index (χ0v) is 15.2. The van der Waals surface area contributed by atoms with Crippen LogP contribution in [-0.2, 0) is 14.6 Å². The van der Waals surface area contributed by atoms with E-state index >= 15 is 0 Å². The predicted molar refractivity (Wildman–Crippen MR) is 89.2 cm³/mol. The van der Waals surface area contributed by atoms with Gasteiger partial charge in [0.25, 0.3) is 0 Å². The number of amidine groups is 1. The molecule has 0 saturated carbocycles. The van der Waals surface area contributed by atoms with Crippen molar-refractivity contribution in [1.82, 2.24) is 5.32 Å². The third kappa shape index (κ3) is 4.75. The molecule has 138 valence electrons. The SMILES string of the molecule is CC1C(NC(=O)OC(C)(C)C)=NC(c2ccc(F)cc2F)CS1(=O)=O. The van der Waals surface area contributed by atoms with E-state index in [2.05, 4.69) is 10.3 Å². The highest BCUT2D eigenvalue weighted by atomic mass is 32.2. The average molecular weight is 374 g/mol. The van der Waals surface area contributed by atoms with Gasteiger partial charge in [0.15, 0.2) is 9.84 Å². The van der Waals surface area contributed by atoms with Gasteiger partial charge in [0, 0.05) is 11.6 Å². The van der Waals surface area contributed by atoms with Gasteiger partial charge in [-0.2, -0.15) is 0 Å². The molecule has 1 amide bonds. The number of hydrogen-bond acceptors (Lipinski definition) is 5. The Kier molecular flexibility index (Phi) is 5.17. The lowest BCUT2D eigenvalue weighted by Gasteiger charge is -2.27. The van der Waals surface area contributed by atoms with Crippen LogP contribution in [0.15, 0.2) is 23.2 Å². The molecular weight excluding hydrogens is 354 g/mol. The van der Waals surface area contributed by atoms with Crippen LogP contribution in [0, 0.1) is 11.6 Å². The molecule has 1 aliphatic heterocycles. The Morgan fingerprint density at radius 3 is 2.52 bits per heavy atom. The number of aliphatic imine (C=N–C) groups is 1. The summed E-state index contributed by atoms with van der Waals surface area (Å²) in [4.78, 5) is 16.1. The number of ether oxygens (including phenoxy) is 1. The second-order valence-corrected chi connectivity index (χ2v) is 9.16. The summed E-state index contributed by atoms with van der Waals surface area (Å²) in [7, 11) is -3.69. The van der Waals surface area contributed by atoms with Crippen molar-refractivity contribution in [1.29, 1.82) is 0 Å². The highest BCUT2D eigenvalue weighted by Crippen LogP contribution is 2.28. The third-order valence-corrected chi connectivity index (χ3v) is 5.64. The molecule has 0 aliphatic carbocycles. The zero-order valence-electron chi connectivity index (χ0n) is 14.3. The number of rotatable bonds is 1. The van der Waals surface area contributed by atoms with E-state index in [1.54, 1.807) is 20.8 Å². The number of sulfone groups is 1. The molecule has 0 bridgehead atoms. The fourth-order valence-corrected chi connectivity index (χ4v) is 3.76. The summed E-state index contributed by atoms with van der Waals surface area (Å²) in [6, 6.07) is 1.76. The molecule has 25 heavy (non-hydrogen) atoms. The van der Waals surface area contributed by atoms with Crippen molar-refractivity contribution >= 4 is 21.8 Å². The van der Waals surface area contributed by atoms with Crippen LogP contribution in [0.5, 0.6) is 0 Å². The van der Waals surface area contributed by atoms with E-state index in [1.807, 2.05) is 0 Å². The van der Waals surface area contributed by atoms with Gasteiger partial charge < -0.3 is 4.74 Å². The molecule has 2 rings (SSSR count). The molecule has 0 spiro atoms. The third-order valence-electron chi connectivity index (χ3n) is 3.56. The van der Waals surface area contributed by atoms with Crippen LogP contribution in [-0.4, -0.2) is 37.0 Å². The van der Waals surface area contributed by atoms with Crippen LogP contribution in [0.1, 0.15) is 39.3 Å². The number of benzene rings is 1. The molecule has 0 fully saturated rings. The van der Waals surface area contributed by atoms with Gasteiger partial charge >= 0.3 is 6.09 Å². The minimum absolute atomic E-state index is 0.0552. The average Bonchev–Trinajstić information content (AvgIpc) is 2.41. The van der Waals surface area contributed by atoms with Gasteiger partial charge in [-0.3, -0.25) is 10.3 Å². The standard InChI is InChI=1S/C16H20F2N2O4S/c1-9-14(20-15(21)24-16(2,3)4)19-13(8-25(9,22)23)11-6-5-10(17)7-12(11)18/h5-7,9,13H,8H2,1-4H3,(H,19,20,21). The molecule has 0 radical (unpaired) electrons. The highest BCUT2D eigenvalue weighted by Gasteiger charge is 2.37. The number of carbonyl (C=O) groups is 1. The number of nitrogens with one attached hydrogen (secondary N) is 1. The Morgan fingerprint density at radius 1 is 1.32 bits per heavy atom. The van der Waals surface area contributed by atoms with E-state index < -0.39 is 50.2 Å². The molecule has 0 saturated heterocycles. The van der Waals surface area contributed by atoms with Gasteiger partial charge in [0.1, 0.15) is 28.3 Å². The second kappa shape index (κ2) is 6.70. The van der Waals surface area contributed by atoms with E-state index in [-0.39, 0.29) is 11.4 Å². The normalized spacial score (nSPS) is 22.9. The topological polar surface area (TPSA) is 84.8 Å². The molecule has 1 aromatic carbocycles. The molecular formula is C16H20F2N2O4S. The van der Waals surface area contributed by atoms with E-state index in [1.165, 1.54) is 6.92 Å². The van der Waals surface area contributed by atoms with Crippen molar-refractivity contribution in [3.8, 4) is 0 Å². The first-order valence-corrected chi connectivity index (χ1v) is 9.35. The van der Waals surface area contributed by atoms with Crippen molar-refractivity contribution < 1.29 is 26.7 Å². The van der Waals surface area contributed by atoms with E-state index in [9.17, 15) is 22.0 Å². The second-order valence-electron chi connectivity index (χ2n) is 6.79. The van der Waals surface area contributed by atoms with Crippen LogP contribution in [0.4, 0.5) is 13.6 Å². The smallest absolute Gasteiger partial charge is 0.413 e. The van der Waals surface area contributed by atoms with Gasteiger partial charge in [-0.05, 0) is 33.8 Å². The minimum Gasteiger partial charge on any atom is -0.444 e. The number of alkyl carbamates (subject to hydrolysis) is 1. The van der Waals surface area contributed by atoms with Crippen LogP contribution in [0.25, 0.3) is 0 Å². The first-order chi connectivity index (χ1) is 11.4. The molecule has 2 atom stereocenters. The molecule has 2 unspecified atom stereocenters. The van der Waals surface area contributed by atoms with Crippen molar-refractivity contribution in [3.63, 3.8) is 0 Å². The van der Waals surface area contributed by atoms with Gasteiger partial charge in [-0.15, -0.1) is 0 Å². The Balaban J connectivity index is 2.36. The van der Waals surface area contributed by atoms with Crippen LogP contribution < -0.4 is 5.32 Å². The van der Waals surface area contributed by atoms with Crippen molar-refractivity contribution in [2.75, 3.05) is 5.75 Å². The lowest BCUT2D eigenvalue weighted by atomic mass is 10.1. The molecule has 0 aromatic heterocycles. The maximum absolute atomic E-state index is 14.0. The molecule has 9 heteroatoms. The summed E-state index contributed by atoms with van der Waals surface area (Å²) in [5.74, 6) is -2.23. The molecule has 1 heterocycles. The fraction of sp³-hybridized carbons (Fsp3) is 0.500. The molecule has 1 aliphatic rings. The monoisotopic (exact) mass is 374 g/mol. The molecule has 1 aromatic rings. The van der Waals surface area contributed by atoms with Crippen LogP contribution in [0.3, 0.4) is 0 Å². The lowest BCUT2D eigenvalue weighted by Crippen LogP contribution is -2.47. The lowest BCUT2D eigenvalue weighted by molar-refractivity contribution is 0.0562. The van der Waals surface area contributed by atoms with E-state index in [0.29, 0.717) is 6.07 Å². The maximum atomic E-state index is 14.0. The number of amides is 1. The summed E-state index contributed by atoms with van der Waals surface area (Å²) >= 11 is 0. The number of carbonyl (C=O) groups excluding carboxylic acids is 1. The van der Waals surface area contributed by atoms with E-state index in [4.69, 9.17) is 4.74 Å². The summed E-state index contributed by atoms with van der Waals surface area (Å²) in [5, 5.41) is 1.25. The quantitative estimate of drug-likeness (QED) is 0.819. The maximum Gasteiger partial charge on any atom is 0.413 e. The summed E-state index contributed by atoms with van der Waals surface area (Å²) < 4.78 is 56.8. The Morgan fingerprint density at radius 2 is 1.96 bits per heavy atom. The Labute approximate surface area is 145 Å². The highest BCUT2D eigenvalue weighted by molar-refractivity contribution is 7.92. The first-order valence-electron chi connectivity index (χ1n) is 7.63. The fourth-order valence-electron chi connectivity index (χ4n) is 2.32. The number of nitrogens with zero attached hydrogens (tertiary/aromatic N) is 1. The summed E-state index contributed by atoms with van der Waals surface area (Å²) in [6.45, 7) is 6.35. The van der Waals surface area contributed by atoms with Crippen LogP contribution >= 0.6 is 0 Å². The van der Waals surface area contributed by atoms with E-state index in [0.717, 1.165) is 12.1 Å². The van der Waals surface area contributed by atoms with Crippen molar-refractivity contribution in [2.24, 2.45) is 4.99 Å². The zero-order chi connectivity index (χ0) is 19.0. The molecule has 1 N–H and O–H groups in total.